The molecule has 0 heterocycles. The van der Waals surface area contributed by atoms with Gasteiger partial charge in [0.15, 0.2) is 0 Å². The average molecular weight is 469 g/mol. The summed E-state index contributed by atoms with van der Waals surface area (Å²) in [6.45, 7) is 0.755. The predicted octanol–water partition coefficient (Wildman–Crippen LogP) is 3.93. The topological polar surface area (TPSA) is 134 Å². The van der Waals surface area contributed by atoms with Gasteiger partial charge in [0.05, 0.1) is 25.5 Å². The molecule has 0 aromatic rings. The van der Waals surface area contributed by atoms with Crippen molar-refractivity contribution in [3.63, 3.8) is 0 Å². The van der Waals surface area contributed by atoms with Crippen LogP contribution in [0.1, 0.15) is 96.8 Å². The van der Waals surface area contributed by atoms with E-state index >= 15 is 0 Å². The Kier molecular flexibility index (Phi) is 19.8. The summed E-state index contributed by atoms with van der Waals surface area (Å²) >= 11 is 0. The summed E-state index contributed by atoms with van der Waals surface area (Å²) in [4.78, 5) is 21.2. The maximum atomic E-state index is 11.7. The number of rotatable bonds is 22. The fraction of sp³-hybridized carbons (Fsp3) is 0.955. The number of esters is 1. The van der Waals surface area contributed by atoms with E-state index in [0.29, 0.717) is 0 Å². The molecule has 0 aromatic carbocycles. The molecule has 31 heavy (non-hydrogen) atoms. The molecular formula is C22H45O8P. The first-order valence-electron chi connectivity index (χ1n) is 11.9. The fourth-order valence-corrected chi connectivity index (χ4v) is 4.33. The van der Waals surface area contributed by atoms with Crippen molar-refractivity contribution in [2.75, 3.05) is 26.0 Å². The quantitative estimate of drug-likeness (QED) is 0.107. The second-order valence-corrected chi connectivity index (χ2v) is 10.2. The Bertz CT molecular complexity index is 474. The van der Waals surface area contributed by atoms with E-state index < -0.39 is 45.1 Å². The highest BCUT2D eigenvalue weighted by Gasteiger charge is 2.25. The zero-order chi connectivity index (χ0) is 23.4. The van der Waals surface area contributed by atoms with Crippen molar-refractivity contribution in [3.8, 4) is 0 Å². The lowest BCUT2D eigenvalue weighted by molar-refractivity contribution is -0.147. The highest BCUT2D eigenvalue weighted by atomic mass is 31.2. The fourth-order valence-electron chi connectivity index (χ4n) is 3.18. The van der Waals surface area contributed by atoms with E-state index in [0.717, 1.165) is 19.3 Å². The van der Waals surface area contributed by atoms with Crippen LogP contribution in [-0.4, -0.2) is 64.4 Å². The van der Waals surface area contributed by atoms with E-state index in [9.17, 15) is 19.4 Å². The standard InChI is InChI=1S/C22H45O8P/c1-2-3-4-5-6-7-8-9-10-11-12-13-14-15-22(26)29-17-21(25)18-30-31(27,28)19-20(24)16-23/h20-21,23-25H,2-19H2,1H3,(H,27,28)/t20-,21+/m0/s1. The maximum absolute atomic E-state index is 11.7. The third-order valence-corrected chi connectivity index (χ3v) is 6.48. The SMILES string of the molecule is CCCCCCCCCCCCCCCC(=O)OC[C@@H](O)COP(=O)(O)C[C@@H](O)CO. The van der Waals surface area contributed by atoms with E-state index in [1.165, 1.54) is 64.2 Å². The van der Waals surface area contributed by atoms with Crippen molar-refractivity contribution in [3.05, 3.63) is 0 Å². The molecule has 9 heteroatoms. The van der Waals surface area contributed by atoms with Crippen LogP contribution in [0.4, 0.5) is 0 Å². The van der Waals surface area contributed by atoms with Crippen molar-refractivity contribution in [1.82, 2.24) is 0 Å². The normalized spacial score (nSPS) is 15.4. The van der Waals surface area contributed by atoms with Crippen LogP contribution < -0.4 is 0 Å². The van der Waals surface area contributed by atoms with Crippen LogP contribution >= 0.6 is 7.60 Å². The van der Waals surface area contributed by atoms with Crippen molar-refractivity contribution >= 4 is 13.6 Å². The van der Waals surface area contributed by atoms with Crippen molar-refractivity contribution in [2.24, 2.45) is 0 Å². The lowest BCUT2D eigenvalue weighted by Gasteiger charge is -2.17. The monoisotopic (exact) mass is 468 g/mol. The number of aliphatic hydroxyl groups is 3. The molecule has 0 aliphatic heterocycles. The van der Waals surface area contributed by atoms with E-state index in [4.69, 9.17) is 14.9 Å². The Morgan fingerprint density at radius 1 is 0.806 bits per heavy atom. The Morgan fingerprint density at radius 2 is 1.29 bits per heavy atom. The van der Waals surface area contributed by atoms with Crippen LogP contribution in [0, 0.1) is 0 Å². The molecule has 0 spiro atoms. The lowest BCUT2D eigenvalue weighted by Crippen LogP contribution is -2.25. The molecule has 0 aliphatic carbocycles. The summed E-state index contributed by atoms with van der Waals surface area (Å²) in [7, 11) is -4.12. The molecule has 1 unspecified atom stereocenters. The molecule has 0 rings (SSSR count). The van der Waals surface area contributed by atoms with Crippen LogP contribution in [-0.2, 0) is 18.6 Å². The lowest BCUT2D eigenvalue weighted by atomic mass is 10.0. The molecule has 0 amide bonds. The van der Waals surface area contributed by atoms with Crippen molar-refractivity contribution in [1.29, 1.82) is 0 Å². The average Bonchev–Trinajstić information content (AvgIpc) is 2.73. The minimum Gasteiger partial charge on any atom is -0.463 e. The van der Waals surface area contributed by atoms with Gasteiger partial charge in [-0.1, -0.05) is 84.0 Å². The number of carbonyl (C=O) groups excluding carboxylic acids is 1. The largest absolute Gasteiger partial charge is 0.463 e. The number of carbonyl (C=O) groups is 1. The summed E-state index contributed by atoms with van der Waals surface area (Å²) in [5.74, 6) is -0.412. The van der Waals surface area contributed by atoms with E-state index in [1.807, 2.05) is 0 Å². The van der Waals surface area contributed by atoms with Gasteiger partial charge in [-0.25, -0.2) is 0 Å². The Labute approximate surface area is 187 Å². The number of ether oxygens (including phenoxy) is 1. The maximum Gasteiger partial charge on any atom is 0.330 e. The highest BCUT2D eigenvalue weighted by molar-refractivity contribution is 7.52. The number of hydrogen-bond donors (Lipinski definition) is 4. The second-order valence-electron chi connectivity index (χ2n) is 8.28. The van der Waals surface area contributed by atoms with Gasteiger partial charge in [-0.15, -0.1) is 0 Å². The number of unbranched alkanes of at least 4 members (excludes halogenated alkanes) is 12. The van der Waals surface area contributed by atoms with Gasteiger partial charge >= 0.3 is 13.6 Å². The molecule has 186 valence electrons. The number of aliphatic hydroxyl groups excluding tert-OH is 3. The van der Waals surface area contributed by atoms with Crippen molar-refractivity contribution in [2.45, 2.75) is 109 Å². The van der Waals surface area contributed by atoms with Gasteiger partial charge < -0.3 is 29.5 Å². The molecular weight excluding hydrogens is 423 g/mol. The molecule has 8 nitrogen and oxygen atoms in total. The summed E-state index contributed by atoms with van der Waals surface area (Å²) in [5, 5.41) is 27.5. The van der Waals surface area contributed by atoms with Gasteiger partial charge in [-0.2, -0.15) is 0 Å². The zero-order valence-electron chi connectivity index (χ0n) is 19.3. The van der Waals surface area contributed by atoms with Gasteiger partial charge in [-0.05, 0) is 6.42 Å². The summed E-state index contributed by atoms with van der Waals surface area (Å²) in [6.07, 6.45) is 13.0. The molecule has 0 fully saturated rings. The van der Waals surface area contributed by atoms with Crippen LogP contribution in [0.25, 0.3) is 0 Å². The number of hydrogen-bond acceptors (Lipinski definition) is 7. The first-order valence-corrected chi connectivity index (χ1v) is 13.7. The van der Waals surface area contributed by atoms with Gasteiger partial charge in [0.2, 0.25) is 0 Å². The van der Waals surface area contributed by atoms with Crippen LogP contribution in [0.15, 0.2) is 0 Å². The Balaban J connectivity index is 3.52. The third-order valence-electron chi connectivity index (χ3n) is 5.04. The van der Waals surface area contributed by atoms with Gasteiger partial charge in [0.1, 0.15) is 12.7 Å². The molecule has 0 saturated carbocycles. The first kappa shape index (κ1) is 30.5. The smallest absolute Gasteiger partial charge is 0.330 e. The van der Waals surface area contributed by atoms with Gasteiger partial charge in [0, 0.05) is 6.42 Å². The minimum absolute atomic E-state index is 0.284. The molecule has 0 aliphatic rings. The van der Waals surface area contributed by atoms with Gasteiger partial charge in [0.25, 0.3) is 0 Å². The molecule has 3 atom stereocenters. The Hall–Kier alpha value is -0.500. The van der Waals surface area contributed by atoms with Crippen LogP contribution in [0.3, 0.4) is 0 Å². The summed E-state index contributed by atoms with van der Waals surface area (Å²) in [6, 6.07) is 0. The second kappa shape index (κ2) is 20.1. The molecule has 0 radical (unpaired) electrons. The van der Waals surface area contributed by atoms with E-state index in [1.54, 1.807) is 0 Å². The van der Waals surface area contributed by atoms with E-state index in [2.05, 4.69) is 11.4 Å². The van der Waals surface area contributed by atoms with Crippen LogP contribution in [0.5, 0.6) is 0 Å². The predicted molar refractivity (Wildman–Crippen MR) is 121 cm³/mol. The molecule has 0 saturated heterocycles. The minimum atomic E-state index is -4.12. The molecule has 4 N–H and O–H groups in total. The Morgan fingerprint density at radius 3 is 1.77 bits per heavy atom. The third kappa shape index (κ3) is 21.1. The summed E-state index contributed by atoms with van der Waals surface area (Å²) in [5.41, 5.74) is 0. The zero-order valence-corrected chi connectivity index (χ0v) is 20.1. The van der Waals surface area contributed by atoms with E-state index in [-0.39, 0.29) is 13.0 Å². The van der Waals surface area contributed by atoms with Crippen molar-refractivity contribution < 1.29 is 38.8 Å². The molecule has 0 aromatic heterocycles. The highest BCUT2D eigenvalue weighted by Crippen LogP contribution is 2.42. The summed E-state index contributed by atoms with van der Waals surface area (Å²) < 4.78 is 21.2. The van der Waals surface area contributed by atoms with Gasteiger partial charge in [-0.3, -0.25) is 9.36 Å². The molecule has 0 bridgehead atoms. The first-order chi connectivity index (χ1) is 14.8. The van der Waals surface area contributed by atoms with Crippen LogP contribution in [0.2, 0.25) is 0 Å².